The highest BCUT2D eigenvalue weighted by Crippen LogP contribution is 2.71. The van der Waals surface area contributed by atoms with Gasteiger partial charge in [-0.15, -0.1) is 0 Å². The highest BCUT2D eigenvalue weighted by atomic mass is 16.6. The fourth-order valence-corrected chi connectivity index (χ4v) is 4.38. The monoisotopic (exact) mass is 283 g/mol. The molecule has 108 valence electrons. The molecule has 1 heterocycles. The maximum absolute atomic E-state index is 12.2. The molecule has 1 aromatic carbocycles. The van der Waals surface area contributed by atoms with Gasteiger partial charge in [0.15, 0.2) is 5.92 Å². The first kappa shape index (κ1) is 13.8. The molecule has 0 unspecified atom stereocenters. The summed E-state index contributed by atoms with van der Waals surface area (Å²) in [5.74, 6) is -1.95. The number of benzene rings is 1. The van der Waals surface area contributed by atoms with Gasteiger partial charge in [0.25, 0.3) is 0 Å². The molecule has 1 aliphatic carbocycles. The predicted octanol–water partition coefficient (Wildman–Crippen LogP) is 2.45. The number of ether oxygens (including phenoxy) is 1. The van der Waals surface area contributed by atoms with E-state index in [9.17, 15) is 14.9 Å². The first-order valence-electron chi connectivity index (χ1n) is 7.05. The summed E-state index contributed by atoms with van der Waals surface area (Å²) < 4.78 is 5.59. The van der Waals surface area contributed by atoms with E-state index >= 15 is 0 Å². The Kier molecular flexibility index (Phi) is 2.75. The number of nitriles is 1. The molecular weight excluding hydrogens is 266 g/mol. The third-order valence-corrected chi connectivity index (χ3v) is 5.52. The van der Waals surface area contributed by atoms with E-state index in [0.29, 0.717) is 0 Å². The Hall–Kier alpha value is -2.15. The predicted molar refractivity (Wildman–Crippen MR) is 75.1 cm³/mol. The summed E-state index contributed by atoms with van der Waals surface area (Å²) in [6, 6.07) is 11.6. The van der Waals surface area contributed by atoms with Crippen LogP contribution in [0.5, 0.6) is 0 Å². The lowest BCUT2D eigenvalue weighted by molar-refractivity contribution is -0.196. The summed E-state index contributed by atoms with van der Waals surface area (Å²) in [6.45, 7) is 5.21. The first-order valence-corrected chi connectivity index (χ1v) is 7.05. The zero-order chi connectivity index (χ0) is 15.4. The number of esters is 1. The van der Waals surface area contributed by atoms with Gasteiger partial charge in [-0.25, -0.2) is 0 Å². The van der Waals surface area contributed by atoms with Crippen LogP contribution < -0.4 is 0 Å². The molecule has 0 amide bonds. The highest BCUT2D eigenvalue weighted by Gasteiger charge is 2.79. The van der Waals surface area contributed by atoms with Gasteiger partial charge in [-0.1, -0.05) is 37.3 Å². The Labute approximate surface area is 123 Å². The van der Waals surface area contributed by atoms with Crippen molar-refractivity contribution in [3.8, 4) is 6.07 Å². The normalized spacial score (nSPS) is 40.7. The molecule has 1 aliphatic heterocycles. The summed E-state index contributed by atoms with van der Waals surface area (Å²) in [7, 11) is 0. The van der Waals surface area contributed by atoms with Crippen LogP contribution in [0.4, 0.5) is 0 Å². The van der Waals surface area contributed by atoms with Crippen LogP contribution in [0.25, 0.3) is 0 Å². The Bertz CT molecular complexity index is 662. The van der Waals surface area contributed by atoms with E-state index in [0.717, 1.165) is 5.56 Å². The molecule has 4 heteroatoms. The second kappa shape index (κ2) is 4.17. The van der Waals surface area contributed by atoms with Crippen molar-refractivity contribution < 1.29 is 14.3 Å². The Morgan fingerprint density at radius 2 is 1.90 bits per heavy atom. The number of carbonyl (C=O) groups excluding carboxylic acids is 2. The van der Waals surface area contributed by atoms with E-state index in [2.05, 4.69) is 0 Å². The van der Waals surface area contributed by atoms with Crippen LogP contribution in [-0.4, -0.2) is 17.4 Å². The Morgan fingerprint density at radius 1 is 1.29 bits per heavy atom. The van der Waals surface area contributed by atoms with Gasteiger partial charge in [-0.3, -0.25) is 9.59 Å². The lowest BCUT2D eigenvalue weighted by Gasteiger charge is -2.61. The van der Waals surface area contributed by atoms with Crippen LogP contribution >= 0.6 is 0 Å². The Balaban J connectivity index is 2.15. The third-order valence-electron chi connectivity index (χ3n) is 5.52. The molecule has 0 aromatic heterocycles. The van der Waals surface area contributed by atoms with E-state index in [1.807, 2.05) is 50.2 Å². The molecule has 2 aliphatic rings. The molecule has 1 aromatic rings. The molecule has 21 heavy (non-hydrogen) atoms. The van der Waals surface area contributed by atoms with Crippen LogP contribution in [0.2, 0.25) is 0 Å². The van der Waals surface area contributed by atoms with Crippen LogP contribution in [0.3, 0.4) is 0 Å². The first-order chi connectivity index (χ1) is 9.88. The number of carbonyl (C=O) groups is 2. The molecule has 5 atom stereocenters. The van der Waals surface area contributed by atoms with Gasteiger partial charge in [0.1, 0.15) is 11.4 Å². The lowest BCUT2D eigenvalue weighted by Crippen LogP contribution is -2.67. The van der Waals surface area contributed by atoms with Gasteiger partial charge in [0.05, 0.1) is 6.07 Å². The molecule has 0 radical (unpaired) electrons. The number of rotatable bonds is 2. The largest absolute Gasteiger partial charge is 0.457 e. The molecule has 1 saturated heterocycles. The minimum Gasteiger partial charge on any atom is -0.457 e. The summed E-state index contributed by atoms with van der Waals surface area (Å²) in [5.41, 5.74) is -0.586. The number of nitrogens with zero attached hydrogens (tertiary/aromatic N) is 1. The molecule has 4 nitrogen and oxygen atoms in total. The highest BCUT2D eigenvalue weighted by molar-refractivity contribution is 5.89. The van der Waals surface area contributed by atoms with Gasteiger partial charge < -0.3 is 4.74 Å². The summed E-state index contributed by atoms with van der Waals surface area (Å²) in [5, 5.41) is 9.33. The van der Waals surface area contributed by atoms with E-state index in [1.54, 1.807) is 0 Å². The molecular formula is C17H17NO3. The van der Waals surface area contributed by atoms with Crippen molar-refractivity contribution in [3.63, 3.8) is 0 Å². The van der Waals surface area contributed by atoms with E-state index in [-0.39, 0.29) is 17.6 Å². The van der Waals surface area contributed by atoms with E-state index in [4.69, 9.17) is 4.74 Å². The molecule has 3 rings (SSSR count). The topological polar surface area (TPSA) is 67.2 Å². The second-order valence-electron chi connectivity index (χ2n) is 6.35. The summed E-state index contributed by atoms with van der Waals surface area (Å²) >= 11 is 0. The zero-order valence-electron chi connectivity index (χ0n) is 12.3. The van der Waals surface area contributed by atoms with Gasteiger partial charge in [-0.05, 0) is 19.4 Å². The minimum absolute atomic E-state index is 0.00220. The molecule has 0 spiro atoms. The number of hydrogen-bond donors (Lipinski definition) is 0. The lowest BCUT2D eigenvalue weighted by atomic mass is 9.40. The minimum atomic E-state index is -0.878. The number of Topliss-reactive ketones (excluding diaryl/α,β-unsaturated/α-hetero) is 1. The summed E-state index contributed by atoms with van der Waals surface area (Å²) in [6.07, 6.45) is 0. The van der Waals surface area contributed by atoms with Crippen LogP contribution in [-0.2, 0) is 14.3 Å². The Morgan fingerprint density at radius 3 is 2.43 bits per heavy atom. The molecule has 0 N–H and O–H groups in total. The van der Waals surface area contributed by atoms with E-state index in [1.165, 1.54) is 6.92 Å². The number of fused-ring (bicyclic) bond motifs is 1. The van der Waals surface area contributed by atoms with Crippen molar-refractivity contribution in [1.29, 1.82) is 5.26 Å². The van der Waals surface area contributed by atoms with Crippen LogP contribution in [0.1, 0.15) is 32.3 Å². The quantitative estimate of drug-likeness (QED) is 0.782. The van der Waals surface area contributed by atoms with Crippen molar-refractivity contribution in [1.82, 2.24) is 0 Å². The van der Waals surface area contributed by atoms with Crippen molar-refractivity contribution in [2.24, 2.45) is 17.3 Å². The smallest absolute Gasteiger partial charge is 0.324 e. The molecule has 0 bridgehead atoms. The van der Waals surface area contributed by atoms with Gasteiger partial charge in [0, 0.05) is 17.3 Å². The SMILES string of the molecule is CC(=O)[C@@H]1[C@@H](c2ccccc2)[C@@]2(C)OC(=O)[C@@H](C#N)[C@]12C. The number of ketones is 1. The van der Waals surface area contributed by atoms with E-state index < -0.39 is 22.9 Å². The molecule has 1 saturated carbocycles. The van der Waals surface area contributed by atoms with Crippen LogP contribution in [0.15, 0.2) is 30.3 Å². The van der Waals surface area contributed by atoms with Crippen LogP contribution in [0, 0.1) is 28.6 Å². The second-order valence-corrected chi connectivity index (χ2v) is 6.35. The van der Waals surface area contributed by atoms with Gasteiger partial charge >= 0.3 is 5.97 Å². The third kappa shape index (κ3) is 1.44. The van der Waals surface area contributed by atoms with Crippen molar-refractivity contribution >= 4 is 11.8 Å². The standard InChI is InChI=1S/C17H17NO3/c1-10(19)13-14(11-7-5-4-6-8-11)17(3)16(13,2)12(9-18)15(20)21-17/h4-8,12-14H,1-3H3/t12-,13-,14-,16-,17-/m1/s1. The average molecular weight is 283 g/mol. The van der Waals surface area contributed by atoms with Crippen molar-refractivity contribution in [2.45, 2.75) is 32.3 Å². The summed E-state index contributed by atoms with van der Waals surface area (Å²) in [4.78, 5) is 24.3. The number of hydrogen-bond acceptors (Lipinski definition) is 4. The van der Waals surface area contributed by atoms with Gasteiger partial charge in [0.2, 0.25) is 0 Å². The maximum Gasteiger partial charge on any atom is 0.324 e. The van der Waals surface area contributed by atoms with Crippen molar-refractivity contribution in [2.75, 3.05) is 0 Å². The fraction of sp³-hybridized carbons (Fsp3) is 0.471. The van der Waals surface area contributed by atoms with Crippen molar-refractivity contribution in [3.05, 3.63) is 35.9 Å². The molecule has 2 fully saturated rings. The average Bonchev–Trinajstić information content (AvgIpc) is 2.59. The zero-order valence-corrected chi connectivity index (χ0v) is 12.3. The van der Waals surface area contributed by atoms with Gasteiger partial charge in [-0.2, -0.15) is 5.26 Å². The fourth-order valence-electron chi connectivity index (χ4n) is 4.38. The maximum atomic E-state index is 12.2.